The second-order valence-corrected chi connectivity index (χ2v) is 8.09. The van der Waals surface area contributed by atoms with Crippen LogP contribution in [-0.2, 0) is 10.2 Å². The van der Waals surface area contributed by atoms with Gasteiger partial charge in [-0.1, -0.05) is 18.2 Å². The quantitative estimate of drug-likeness (QED) is 0.830. The maximum absolute atomic E-state index is 13.0. The molecule has 25 heavy (non-hydrogen) atoms. The van der Waals surface area contributed by atoms with Gasteiger partial charge in [-0.25, -0.2) is 4.79 Å². The number of anilines is 1. The van der Waals surface area contributed by atoms with E-state index in [9.17, 15) is 9.59 Å². The molecule has 0 N–H and O–H groups in total. The molecule has 4 rings (SSSR count). The van der Waals surface area contributed by atoms with Gasteiger partial charge in [-0.3, -0.25) is 4.79 Å². The number of carbonyl (C=O) groups excluding carboxylic acids is 2. The highest BCUT2D eigenvalue weighted by Crippen LogP contribution is 2.48. The average Bonchev–Trinajstić information content (AvgIpc) is 3.43. The predicted molar refractivity (Wildman–Crippen MR) is 97.7 cm³/mol. The van der Waals surface area contributed by atoms with Crippen molar-refractivity contribution in [1.29, 1.82) is 0 Å². The second kappa shape index (κ2) is 6.04. The third-order valence-electron chi connectivity index (χ3n) is 6.07. The molecule has 0 atom stereocenters. The number of rotatable bonds is 2. The SMILES string of the molecule is CN(C)C(=O)N1CCC2(CC1)CC(=O)N(CC1CC1)c1ccccc12. The van der Waals surface area contributed by atoms with Gasteiger partial charge in [0.25, 0.3) is 0 Å². The van der Waals surface area contributed by atoms with Gasteiger partial charge >= 0.3 is 6.03 Å². The van der Waals surface area contributed by atoms with E-state index < -0.39 is 0 Å². The summed E-state index contributed by atoms with van der Waals surface area (Å²) < 4.78 is 0. The Morgan fingerprint density at radius 1 is 1.20 bits per heavy atom. The number of amides is 3. The van der Waals surface area contributed by atoms with E-state index in [4.69, 9.17) is 0 Å². The topological polar surface area (TPSA) is 43.9 Å². The highest BCUT2D eigenvalue weighted by atomic mass is 16.2. The molecule has 0 bridgehead atoms. The van der Waals surface area contributed by atoms with Crippen molar-refractivity contribution < 1.29 is 9.59 Å². The van der Waals surface area contributed by atoms with E-state index in [-0.39, 0.29) is 17.4 Å². The summed E-state index contributed by atoms with van der Waals surface area (Å²) >= 11 is 0. The van der Waals surface area contributed by atoms with Crippen LogP contribution in [-0.4, -0.2) is 55.5 Å². The summed E-state index contributed by atoms with van der Waals surface area (Å²) in [5.74, 6) is 0.948. The molecule has 1 saturated heterocycles. The first kappa shape index (κ1) is 16.4. The molecular weight excluding hydrogens is 314 g/mol. The number of urea groups is 1. The summed E-state index contributed by atoms with van der Waals surface area (Å²) in [7, 11) is 3.59. The Balaban J connectivity index is 1.60. The Hall–Kier alpha value is -2.04. The van der Waals surface area contributed by atoms with Crippen molar-refractivity contribution >= 4 is 17.6 Å². The van der Waals surface area contributed by atoms with Crippen LogP contribution in [0.4, 0.5) is 10.5 Å². The fraction of sp³-hybridized carbons (Fsp3) is 0.600. The molecule has 5 heteroatoms. The molecule has 2 fully saturated rings. The van der Waals surface area contributed by atoms with Crippen molar-refractivity contribution in [3.63, 3.8) is 0 Å². The average molecular weight is 341 g/mol. The smallest absolute Gasteiger partial charge is 0.319 e. The molecule has 2 heterocycles. The van der Waals surface area contributed by atoms with Crippen LogP contribution in [0.2, 0.25) is 0 Å². The Morgan fingerprint density at radius 2 is 1.88 bits per heavy atom. The third kappa shape index (κ3) is 2.90. The predicted octanol–water partition coefficient (Wildman–Crippen LogP) is 2.85. The molecule has 2 aliphatic heterocycles. The number of benzene rings is 1. The van der Waals surface area contributed by atoms with Crippen molar-refractivity contribution in [3.8, 4) is 0 Å². The fourth-order valence-corrected chi connectivity index (χ4v) is 4.39. The van der Waals surface area contributed by atoms with Gasteiger partial charge in [0.1, 0.15) is 0 Å². The summed E-state index contributed by atoms with van der Waals surface area (Å²) in [6.07, 6.45) is 4.82. The van der Waals surface area contributed by atoms with Gasteiger partial charge in [-0.15, -0.1) is 0 Å². The normalized spacial score (nSPS) is 22.1. The van der Waals surface area contributed by atoms with Crippen LogP contribution in [0.5, 0.6) is 0 Å². The molecular formula is C20H27N3O2. The summed E-state index contributed by atoms with van der Waals surface area (Å²) in [4.78, 5) is 30.8. The van der Waals surface area contributed by atoms with Gasteiger partial charge < -0.3 is 14.7 Å². The number of fused-ring (bicyclic) bond motifs is 2. The molecule has 5 nitrogen and oxygen atoms in total. The number of para-hydroxylation sites is 1. The first-order valence-corrected chi connectivity index (χ1v) is 9.36. The first-order chi connectivity index (χ1) is 12.0. The number of nitrogens with zero attached hydrogens (tertiary/aromatic N) is 3. The molecule has 1 aromatic rings. The lowest BCUT2D eigenvalue weighted by Crippen LogP contribution is -2.52. The van der Waals surface area contributed by atoms with E-state index >= 15 is 0 Å². The Bertz CT molecular complexity index is 688. The zero-order valence-electron chi connectivity index (χ0n) is 15.2. The highest BCUT2D eigenvalue weighted by Gasteiger charge is 2.46. The Kier molecular flexibility index (Phi) is 3.97. The monoisotopic (exact) mass is 341 g/mol. The molecule has 3 amide bonds. The largest absolute Gasteiger partial charge is 0.331 e. The van der Waals surface area contributed by atoms with E-state index in [1.807, 2.05) is 15.9 Å². The standard InChI is InChI=1S/C20H27N3O2/c1-21(2)19(25)22-11-9-20(10-12-22)13-18(24)23(14-15-7-8-15)17-6-4-3-5-16(17)20/h3-6,15H,7-14H2,1-2H3. The van der Waals surface area contributed by atoms with Crippen LogP contribution in [0, 0.1) is 5.92 Å². The second-order valence-electron chi connectivity index (χ2n) is 8.09. The van der Waals surface area contributed by atoms with Crippen LogP contribution < -0.4 is 4.90 Å². The molecule has 0 aromatic heterocycles. The van der Waals surface area contributed by atoms with E-state index in [0.717, 1.165) is 38.2 Å². The maximum Gasteiger partial charge on any atom is 0.319 e. The van der Waals surface area contributed by atoms with Crippen LogP contribution in [0.1, 0.15) is 37.7 Å². The summed E-state index contributed by atoms with van der Waals surface area (Å²) in [6, 6.07) is 8.50. The molecule has 0 radical (unpaired) electrons. The van der Waals surface area contributed by atoms with Gasteiger partial charge in [0.05, 0.1) is 0 Å². The summed E-state index contributed by atoms with van der Waals surface area (Å²) in [5.41, 5.74) is 2.32. The van der Waals surface area contributed by atoms with Crippen LogP contribution in [0.3, 0.4) is 0 Å². The minimum absolute atomic E-state index is 0.0700. The number of likely N-dealkylation sites (tertiary alicyclic amines) is 1. The maximum atomic E-state index is 13.0. The van der Waals surface area contributed by atoms with Crippen molar-refractivity contribution in [2.45, 2.75) is 37.5 Å². The Morgan fingerprint density at radius 3 is 2.52 bits per heavy atom. The van der Waals surface area contributed by atoms with Gasteiger partial charge in [0.2, 0.25) is 5.91 Å². The molecule has 1 spiro atoms. The third-order valence-corrected chi connectivity index (χ3v) is 6.07. The van der Waals surface area contributed by atoms with Gasteiger partial charge in [-0.2, -0.15) is 0 Å². The van der Waals surface area contributed by atoms with Crippen LogP contribution in [0.25, 0.3) is 0 Å². The van der Waals surface area contributed by atoms with E-state index in [0.29, 0.717) is 12.3 Å². The number of hydrogen-bond donors (Lipinski definition) is 0. The summed E-state index contributed by atoms with van der Waals surface area (Å²) in [6.45, 7) is 2.32. The summed E-state index contributed by atoms with van der Waals surface area (Å²) in [5, 5.41) is 0. The Labute approximate surface area is 149 Å². The van der Waals surface area contributed by atoms with Crippen molar-refractivity contribution in [3.05, 3.63) is 29.8 Å². The highest BCUT2D eigenvalue weighted by molar-refractivity contribution is 5.98. The number of hydrogen-bond acceptors (Lipinski definition) is 2. The van der Waals surface area contributed by atoms with Crippen LogP contribution in [0.15, 0.2) is 24.3 Å². The molecule has 1 aromatic carbocycles. The minimum atomic E-state index is -0.100. The minimum Gasteiger partial charge on any atom is -0.331 e. The molecule has 1 aliphatic carbocycles. The zero-order valence-corrected chi connectivity index (χ0v) is 15.2. The first-order valence-electron chi connectivity index (χ1n) is 9.36. The zero-order chi connectivity index (χ0) is 17.6. The van der Waals surface area contributed by atoms with Crippen molar-refractivity contribution in [2.75, 3.05) is 38.6 Å². The van der Waals surface area contributed by atoms with Gasteiger partial charge in [-0.05, 0) is 43.2 Å². The molecule has 3 aliphatic rings. The number of piperidine rings is 1. The number of carbonyl (C=O) groups is 2. The van der Waals surface area contributed by atoms with Crippen molar-refractivity contribution in [2.24, 2.45) is 5.92 Å². The van der Waals surface area contributed by atoms with E-state index in [2.05, 4.69) is 18.2 Å². The molecule has 134 valence electrons. The van der Waals surface area contributed by atoms with E-state index in [1.165, 1.54) is 18.4 Å². The lowest BCUT2D eigenvalue weighted by Gasteiger charge is -2.47. The van der Waals surface area contributed by atoms with Gasteiger partial charge in [0, 0.05) is 51.3 Å². The molecule has 0 unspecified atom stereocenters. The van der Waals surface area contributed by atoms with Crippen molar-refractivity contribution in [1.82, 2.24) is 9.80 Å². The van der Waals surface area contributed by atoms with Gasteiger partial charge in [0.15, 0.2) is 0 Å². The lowest BCUT2D eigenvalue weighted by atomic mass is 9.67. The lowest BCUT2D eigenvalue weighted by molar-refractivity contribution is -0.121. The molecule has 1 saturated carbocycles. The fourth-order valence-electron chi connectivity index (χ4n) is 4.39. The van der Waals surface area contributed by atoms with Crippen LogP contribution >= 0.6 is 0 Å². The van der Waals surface area contributed by atoms with E-state index in [1.54, 1.807) is 19.0 Å².